The van der Waals surface area contributed by atoms with Crippen molar-refractivity contribution >= 4 is 16.7 Å². The van der Waals surface area contributed by atoms with E-state index in [0.29, 0.717) is 19.1 Å². The molecule has 0 radical (unpaired) electrons. The van der Waals surface area contributed by atoms with E-state index < -0.39 is 5.54 Å². The summed E-state index contributed by atoms with van der Waals surface area (Å²) in [5.74, 6) is 1.45. The van der Waals surface area contributed by atoms with E-state index in [0.717, 1.165) is 63.5 Å². The number of methoxy groups -OCH3 is 1. The number of anilines is 1. The summed E-state index contributed by atoms with van der Waals surface area (Å²) in [5.41, 5.74) is 6.03. The standard InChI is InChI=1S/C36H33N5O2/c1-26-24-31-33(35(38-26)42-2)34(27-18-19-37-32(25-27)40-20-22-43-23-21-40)39-41(31)36(28-12-6-3-7-13-28,29-14-8-4-9-15-29)30-16-10-5-11-17-30/h3-19,24-25H,20-23H2,1-2H3. The number of morpholine rings is 1. The molecule has 0 N–H and O–H groups in total. The van der Waals surface area contributed by atoms with Crippen LogP contribution in [-0.4, -0.2) is 53.2 Å². The average molecular weight is 568 g/mol. The van der Waals surface area contributed by atoms with Crippen molar-refractivity contribution in [3.05, 3.63) is 138 Å². The summed E-state index contributed by atoms with van der Waals surface area (Å²) in [6, 6.07) is 38.0. The maximum Gasteiger partial charge on any atom is 0.225 e. The molecule has 0 atom stereocenters. The molecule has 0 bridgehead atoms. The van der Waals surface area contributed by atoms with E-state index in [4.69, 9.17) is 24.5 Å². The molecule has 1 aliphatic rings. The Morgan fingerprint density at radius 1 is 0.767 bits per heavy atom. The number of nitrogens with zero attached hydrogens (tertiary/aromatic N) is 5. The predicted molar refractivity (Wildman–Crippen MR) is 170 cm³/mol. The maximum absolute atomic E-state index is 5.95. The first-order valence-corrected chi connectivity index (χ1v) is 14.6. The fourth-order valence-corrected chi connectivity index (χ4v) is 6.26. The fourth-order valence-electron chi connectivity index (χ4n) is 6.26. The Balaban J connectivity index is 1.59. The van der Waals surface area contributed by atoms with Crippen LogP contribution in [0, 0.1) is 6.92 Å². The van der Waals surface area contributed by atoms with Gasteiger partial charge in [0.15, 0.2) is 0 Å². The number of ether oxygens (including phenoxy) is 2. The molecule has 0 unspecified atom stereocenters. The normalized spacial score (nSPS) is 13.8. The van der Waals surface area contributed by atoms with E-state index in [1.165, 1.54) is 0 Å². The summed E-state index contributed by atoms with van der Waals surface area (Å²) in [5, 5.41) is 6.38. The summed E-state index contributed by atoms with van der Waals surface area (Å²) in [4.78, 5) is 11.8. The lowest BCUT2D eigenvalue weighted by Crippen LogP contribution is -2.38. The molecule has 0 aliphatic carbocycles. The zero-order valence-electron chi connectivity index (χ0n) is 24.4. The van der Waals surface area contributed by atoms with Crippen LogP contribution in [0.15, 0.2) is 115 Å². The first-order valence-electron chi connectivity index (χ1n) is 14.6. The predicted octanol–water partition coefficient (Wildman–Crippen LogP) is 6.49. The summed E-state index contributed by atoms with van der Waals surface area (Å²) in [7, 11) is 1.67. The Bertz CT molecular complexity index is 1750. The second-order valence-corrected chi connectivity index (χ2v) is 10.7. The van der Waals surface area contributed by atoms with Crippen LogP contribution in [0.1, 0.15) is 22.4 Å². The van der Waals surface area contributed by atoms with E-state index in [-0.39, 0.29) is 0 Å². The summed E-state index contributed by atoms with van der Waals surface area (Å²) in [6.45, 7) is 4.98. The fraction of sp³-hybridized carbons (Fsp3) is 0.194. The van der Waals surface area contributed by atoms with Crippen LogP contribution in [-0.2, 0) is 10.3 Å². The van der Waals surface area contributed by atoms with Crippen molar-refractivity contribution in [2.75, 3.05) is 38.3 Å². The molecule has 7 rings (SSSR count). The van der Waals surface area contributed by atoms with Crippen LogP contribution >= 0.6 is 0 Å². The third-order valence-electron chi connectivity index (χ3n) is 8.20. The second-order valence-electron chi connectivity index (χ2n) is 10.7. The second kappa shape index (κ2) is 11.3. The molecule has 3 aromatic carbocycles. The first-order chi connectivity index (χ1) is 21.2. The number of pyridine rings is 2. The minimum atomic E-state index is -0.793. The van der Waals surface area contributed by atoms with Crippen molar-refractivity contribution in [1.29, 1.82) is 0 Å². The highest BCUT2D eigenvalue weighted by Gasteiger charge is 2.41. The lowest BCUT2D eigenvalue weighted by atomic mass is 9.77. The van der Waals surface area contributed by atoms with Gasteiger partial charge in [-0.15, -0.1) is 0 Å². The van der Waals surface area contributed by atoms with Gasteiger partial charge in [-0.25, -0.2) is 14.6 Å². The molecule has 6 aromatic rings. The van der Waals surface area contributed by atoms with Crippen molar-refractivity contribution < 1.29 is 9.47 Å². The van der Waals surface area contributed by atoms with Crippen LogP contribution < -0.4 is 9.64 Å². The Morgan fingerprint density at radius 3 is 1.91 bits per heavy atom. The molecule has 1 fully saturated rings. The zero-order valence-corrected chi connectivity index (χ0v) is 24.4. The highest BCUT2D eigenvalue weighted by molar-refractivity contribution is 5.98. The first kappa shape index (κ1) is 26.9. The molecule has 214 valence electrons. The Kier molecular flexibility index (Phi) is 7.09. The third kappa shape index (κ3) is 4.62. The van der Waals surface area contributed by atoms with Crippen LogP contribution in [0.25, 0.3) is 22.2 Å². The monoisotopic (exact) mass is 567 g/mol. The smallest absolute Gasteiger partial charge is 0.225 e. The van der Waals surface area contributed by atoms with Crippen molar-refractivity contribution in [2.24, 2.45) is 0 Å². The molecule has 7 heteroatoms. The molecule has 1 saturated heterocycles. The quantitative estimate of drug-likeness (QED) is 0.206. The van der Waals surface area contributed by atoms with Gasteiger partial charge in [0.05, 0.1) is 31.2 Å². The Hall–Kier alpha value is -5.01. The number of benzene rings is 3. The minimum Gasteiger partial charge on any atom is -0.480 e. The zero-order chi connectivity index (χ0) is 29.2. The van der Waals surface area contributed by atoms with Crippen molar-refractivity contribution in [3.63, 3.8) is 0 Å². The summed E-state index contributed by atoms with van der Waals surface area (Å²) in [6.07, 6.45) is 1.86. The average Bonchev–Trinajstić information content (AvgIpc) is 3.46. The van der Waals surface area contributed by atoms with E-state index in [9.17, 15) is 0 Å². The molecule has 0 amide bonds. The van der Waals surface area contributed by atoms with Gasteiger partial charge >= 0.3 is 0 Å². The van der Waals surface area contributed by atoms with Crippen LogP contribution in [0.2, 0.25) is 0 Å². The number of rotatable bonds is 7. The van der Waals surface area contributed by atoms with E-state index >= 15 is 0 Å². The molecule has 7 nitrogen and oxygen atoms in total. The summed E-state index contributed by atoms with van der Waals surface area (Å²) < 4.78 is 13.7. The number of fused-ring (bicyclic) bond motifs is 1. The molecule has 1 aliphatic heterocycles. The van der Waals surface area contributed by atoms with Gasteiger partial charge < -0.3 is 14.4 Å². The van der Waals surface area contributed by atoms with Crippen LogP contribution in [0.5, 0.6) is 5.88 Å². The van der Waals surface area contributed by atoms with Gasteiger partial charge in [-0.05, 0) is 41.8 Å². The SMILES string of the molecule is COc1nc(C)cc2c1c(-c1ccnc(N3CCOCC3)c1)nn2C(c1ccccc1)(c1ccccc1)c1ccccc1. The molecule has 43 heavy (non-hydrogen) atoms. The van der Waals surface area contributed by atoms with E-state index in [1.807, 2.05) is 19.2 Å². The molecule has 3 aromatic heterocycles. The van der Waals surface area contributed by atoms with Crippen molar-refractivity contribution in [2.45, 2.75) is 12.5 Å². The van der Waals surface area contributed by atoms with Crippen molar-refractivity contribution in [3.8, 4) is 17.1 Å². The highest BCUT2D eigenvalue weighted by atomic mass is 16.5. The highest BCUT2D eigenvalue weighted by Crippen LogP contribution is 2.45. The largest absolute Gasteiger partial charge is 0.480 e. The van der Waals surface area contributed by atoms with E-state index in [2.05, 4.69) is 113 Å². The lowest BCUT2D eigenvalue weighted by Gasteiger charge is -2.37. The van der Waals surface area contributed by atoms with Gasteiger partial charge in [0.2, 0.25) is 5.88 Å². The minimum absolute atomic E-state index is 0.545. The maximum atomic E-state index is 5.95. The molecular weight excluding hydrogens is 534 g/mol. The number of hydrogen-bond donors (Lipinski definition) is 0. The molecule has 0 saturated carbocycles. The summed E-state index contributed by atoms with van der Waals surface area (Å²) >= 11 is 0. The number of aryl methyl sites for hydroxylation is 1. The van der Waals surface area contributed by atoms with Gasteiger partial charge in [-0.2, -0.15) is 5.10 Å². The van der Waals surface area contributed by atoms with E-state index in [1.54, 1.807) is 7.11 Å². The Labute approximate surface area is 251 Å². The Morgan fingerprint density at radius 2 is 1.35 bits per heavy atom. The van der Waals surface area contributed by atoms with Gasteiger partial charge in [0.25, 0.3) is 0 Å². The molecule has 0 spiro atoms. The third-order valence-corrected chi connectivity index (χ3v) is 8.20. The van der Waals surface area contributed by atoms with Gasteiger partial charge in [0, 0.05) is 30.5 Å². The molecular formula is C36H33N5O2. The van der Waals surface area contributed by atoms with Gasteiger partial charge in [0.1, 0.15) is 17.1 Å². The number of hydrogen-bond acceptors (Lipinski definition) is 6. The van der Waals surface area contributed by atoms with Gasteiger partial charge in [-0.3, -0.25) is 0 Å². The van der Waals surface area contributed by atoms with Gasteiger partial charge in [-0.1, -0.05) is 91.0 Å². The lowest BCUT2D eigenvalue weighted by molar-refractivity contribution is 0.122. The van der Waals surface area contributed by atoms with Crippen LogP contribution in [0.4, 0.5) is 5.82 Å². The topological polar surface area (TPSA) is 65.3 Å². The van der Waals surface area contributed by atoms with Crippen molar-refractivity contribution in [1.82, 2.24) is 19.7 Å². The van der Waals surface area contributed by atoms with Crippen LogP contribution in [0.3, 0.4) is 0 Å². The molecule has 4 heterocycles. The number of aromatic nitrogens is 4.